The molecule has 0 radical (unpaired) electrons. The first-order chi connectivity index (χ1) is 15.2. The van der Waals surface area contributed by atoms with Crippen molar-refractivity contribution in [2.24, 2.45) is 0 Å². The van der Waals surface area contributed by atoms with Gasteiger partial charge in [0.05, 0.1) is 13.2 Å². The molecule has 0 atom stereocenters. The van der Waals surface area contributed by atoms with Gasteiger partial charge in [0.25, 0.3) is 0 Å². The van der Waals surface area contributed by atoms with Crippen molar-refractivity contribution in [3.05, 3.63) is 71.8 Å². The molecule has 3 rings (SSSR count). The summed E-state index contributed by atoms with van der Waals surface area (Å²) in [6.45, 7) is 3.83. The Morgan fingerprint density at radius 1 is 0.839 bits per heavy atom. The zero-order valence-corrected chi connectivity index (χ0v) is 18.2. The molecule has 31 heavy (non-hydrogen) atoms. The van der Waals surface area contributed by atoms with E-state index in [4.69, 9.17) is 9.47 Å². The molecule has 166 valence electrons. The molecular formula is C26H33NO4. The third-order valence-electron chi connectivity index (χ3n) is 5.68. The quantitative estimate of drug-likeness (QED) is 0.291. The van der Waals surface area contributed by atoms with Gasteiger partial charge in [0.1, 0.15) is 13.0 Å². The van der Waals surface area contributed by atoms with Crippen molar-refractivity contribution >= 4 is 11.8 Å². The minimum atomic E-state index is -0.482. The summed E-state index contributed by atoms with van der Waals surface area (Å²) in [5.74, 6) is -0.570. The fourth-order valence-electron chi connectivity index (χ4n) is 4.01. The number of likely N-dealkylation sites (tertiary alicyclic amines) is 1. The van der Waals surface area contributed by atoms with Gasteiger partial charge in [-0.25, -0.2) is 0 Å². The first-order valence-corrected chi connectivity index (χ1v) is 11.3. The first kappa shape index (κ1) is 23.2. The van der Waals surface area contributed by atoms with Gasteiger partial charge in [0, 0.05) is 12.5 Å². The number of ether oxygens (including phenoxy) is 2. The Hall–Kier alpha value is -2.50. The molecule has 0 N–H and O–H groups in total. The molecule has 0 amide bonds. The molecule has 1 fully saturated rings. The topological polar surface area (TPSA) is 55.8 Å². The van der Waals surface area contributed by atoms with Crippen LogP contribution in [0.1, 0.15) is 49.1 Å². The van der Waals surface area contributed by atoms with E-state index in [-0.39, 0.29) is 31.3 Å². The van der Waals surface area contributed by atoms with Gasteiger partial charge in [-0.3, -0.25) is 9.59 Å². The van der Waals surface area contributed by atoms with Crippen LogP contribution in [0.4, 0.5) is 0 Å². The smallest absolute Gasteiger partial charge is 0.313 e. The second kappa shape index (κ2) is 13.0. The van der Waals surface area contributed by atoms with Gasteiger partial charge >= 0.3 is 5.97 Å². The fraction of sp³-hybridized carbons (Fsp3) is 0.462. The fourth-order valence-corrected chi connectivity index (χ4v) is 4.01. The molecule has 0 unspecified atom stereocenters. The van der Waals surface area contributed by atoms with Crippen LogP contribution in [0, 0.1) is 0 Å². The third-order valence-corrected chi connectivity index (χ3v) is 5.68. The summed E-state index contributed by atoms with van der Waals surface area (Å²) in [4.78, 5) is 26.4. The number of hydrogen-bond donors (Lipinski definition) is 0. The summed E-state index contributed by atoms with van der Waals surface area (Å²) in [7, 11) is 0. The summed E-state index contributed by atoms with van der Waals surface area (Å²) in [6.07, 6.45) is 4.21. The van der Waals surface area contributed by atoms with Crippen LogP contribution in [0.3, 0.4) is 0 Å². The molecule has 2 aromatic rings. The van der Waals surface area contributed by atoms with Gasteiger partial charge in [0.15, 0.2) is 5.78 Å². The minimum absolute atomic E-state index is 0.0282. The number of nitrogens with zero attached hydrogens (tertiary/aromatic N) is 1. The number of rotatable bonds is 12. The summed E-state index contributed by atoms with van der Waals surface area (Å²) in [5.41, 5.74) is 2.37. The summed E-state index contributed by atoms with van der Waals surface area (Å²) >= 11 is 0. The zero-order valence-electron chi connectivity index (χ0n) is 18.2. The average molecular weight is 424 g/mol. The number of carbonyl (C=O) groups excluding carboxylic acids is 2. The van der Waals surface area contributed by atoms with Crippen LogP contribution in [0.25, 0.3) is 0 Å². The van der Waals surface area contributed by atoms with Crippen molar-refractivity contribution in [1.82, 2.24) is 4.90 Å². The highest BCUT2D eigenvalue weighted by Gasteiger charge is 2.16. The molecular weight excluding hydrogens is 390 g/mol. The Morgan fingerprint density at radius 3 is 2.06 bits per heavy atom. The molecule has 0 spiro atoms. The van der Waals surface area contributed by atoms with E-state index in [9.17, 15) is 9.59 Å². The second-order valence-electron chi connectivity index (χ2n) is 8.05. The maximum absolute atomic E-state index is 12.1. The van der Waals surface area contributed by atoms with Crippen LogP contribution >= 0.6 is 0 Å². The van der Waals surface area contributed by atoms with Crippen LogP contribution < -0.4 is 0 Å². The SMILES string of the molecule is O=C(COCCN1CCCCC1)CC(=O)OCCC(c1ccccc1)c1ccccc1. The lowest BCUT2D eigenvalue weighted by Crippen LogP contribution is -2.33. The number of piperidine rings is 1. The molecule has 5 nitrogen and oxygen atoms in total. The molecule has 5 heteroatoms. The molecule has 0 aromatic heterocycles. The molecule has 1 heterocycles. The van der Waals surface area contributed by atoms with E-state index < -0.39 is 5.97 Å². The molecule has 2 aromatic carbocycles. The van der Waals surface area contributed by atoms with Crippen molar-refractivity contribution in [3.63, 3.8) is 0 Å². The number of hydrogen-bond acceptors (Lipinski definition) is 5. The predicted octanol–water partition coefficient (Wildman–Crippen LogP) is 4.21. The Balaban J connectivity index is 1.36. The minimum Gasteiger partial charge on any atom is -0.465 e. The van der Waals surface area contributed by atoms with Crippen molar-refractivity contribution in [3.8, 4) is 0 Å². The van der Waals surface area contributed by atoms with Crippen molar-refractivity contribution in [1.29, 1.82) is 0 Å². The molecule has 1 aliphatic heterocycles. The van der Waals surface area contributed by atoms with Crippen LogP contribution in [-0.4, -0.2) is 56.1 Å². The van der Waals surface area contributed by atoms with Crippen molar-refractivity contribution in [2.75, 3.05) is 39.5 Å². The van der Waals surface area contributed by atoms with Crippen LogP contribution in [0.2, 0.25) is 0 Å². The second-order valence-corrected chi connectivity index (χ2v) is 8.05. The molecule has 0 saturated carbocycles. The molecule has 0 bridgehead atoms. The van der Waals surface area contributed by atoms with Gasteiger partial charge in [-0.1, -0.05) is 67.1 Å². The van der Waals surface area contributed by atoms with Crippen LogP contribution in [0.5, 0.6) is 0 Å². The largest absolute Gasteiger partial charge is 0.465 e. The van der Waals surface area contributed by atoms with E-state index in [1.807, 2.05) is 36.4 Å². The maximum atomic E-state index is 12.1. The van der Waals surface area contributed by atoms with E-state index in [1.165, 1.54) is 30.4 Å². The van der Waals surface area contributed by atoms with Gasteiger partial charge in [-0.15, -0.1) is 0 Å². The van der Waals surface area contributed by atoms with Gasteiger partial charge < -0.3 is 14.4 Å². The molecule has 1 aliphatic rings. The highest BCUT2D eigenvalue weighted by atomic mass is 16.5. The van der Waals surface area contributed by atoms with Gasteiger partial charge in [-0.2, -0.15) is 0 Å². The predicted molar refractivity (Wildman–Crippen MR) is 121 cm³/mol. The summed E-state index contributed by atoms with van der Waals surface area (Å²) < 4.78 is 10.8. The van der Waals surface area contributed by atoms with Crippen molar-refractivity contribution < 1.29 is 19.1 Å². The first-order valence-electron chi connectivity index (χ1n) is 11.3. The van der Waals surface area contributed by atoms with E-state index in [0.29, 0.717) is 13.0 Å². The van der Waals surface area contributed by atoms with E-state index in [2.05, 4.69) is 29.2 Å². The standard InChI is InChI=1S/C26H33NO4/c28-24(21-30-19-17-27-15-8-3-9-16-27)20-26(29)31-18-14-25(22-10-4-1-5-11-22)23-12-6-2-7-13-23/h1-2,4-7,10-13,25H,3,8-9,14-21H2. The van der Waals surface area contributed by atoms with Gasteiger partial charge in [-0.05, 0) is 43.5 Å². The van der Waals surface area contributed by atoms with Crippen LogP contribution in [0.15, 0.2) is 60.7 Å². The van der Waals surface area contributed by atoms with Crippen LogP contribution in [-0.2, 0) is 19.1 Å². The Labute approximate surface area is 185 Å². The van der Waals surface area contributed by atoms with E-state index in [0.717, 1.165) is 19.6 Å². The highest BCUT2D eigenvalue weighted by Crippen LogP contribution is 2.27. The average Bonchev–Trinajstić information content (AvgIpc) is 2.81. The van der Waals surface area contributed by atoms with E-state index in [1.54, 1.807) is 0 Å². The number of esters is 1. The lowest BCUT2D eigenvalue weighted by molar-refractivity contribution is -0.147. The normalized spacial score (nSPS) is 14.5. The number of carbonyl (C=O) groups is 2. The number of benzene rings is 2. The maximum Gasteiger partial charge on any atom is 0.313 e. The third kappa shape index (κ3) is 8.27. The zero-order chi connectivity index (χ0) is 21.7. The van der Waals surface area contributed by atoms with Crippen molar-refractivity contribution in [2.45, 2.75) is 38.0 Å². The Kier molecular flexibility index (Phi) is 9.74. The Bertz CT molecular complexity index is 748. The van der Waals surface area contributed by atoms with Gasteiger partial charge in [0.2, 0.25) is 0 Å². The number of ketones is 1. The lowest BCUT2D eigenvalue weighted by Gasteiger charge is -2.25. The lowest BCUT2D eigenvalue weighted by atomic mass is 9.89. The van der Waals surface area contributed by atoms with E-state index >= 15 is 0 Å². The Morgan fingerprint density at radius 2 is 1.45 bits per heavy atom. The molecule has 0 aliphatic carbocycles. The monoisotopic (exact) mass is 423 g/mol. The molecule has 1 saturated heterocycles. The number of Topliss-reactive ketones (excluding diaryl/α,β-unsaturated/α-hetero) is 1. The highest BCUT2D eigenvalue weighted by molar-refractivity contribution is 5.96. The summed E-state index contributed by atoms with van der Waals surface area (Å²) in [6, 6.07) is 20.4. The summed E-state index contributed by atoms with van der Waals surface area (Å²) in [5, 5.41) is 0.